The minimum atomic E-state index is -3.90. The summed E-state index contributed by atoms with van der Waals surface area (Å²) >= 11 is 0. The number of hydrogen-bond donors (Lipinski definition) is 2. The molecule has 30 heavy (non-hydrogen) atoms. The highest BCUT2D eigenvalue weighted by Gasteiger charge is 2.18. The second kappa shape index (κ2) is 11.0. The molecular formula is C22H24N2O5S. The van der Waals surface area contributed by atoms with Gasteiger partial charge in [-0.05, 0) is 48.7 Å². The molecule has 2 aromatic rings. The zero-order valence-electron chi connectivity index (χ0n) is 16.7. The lowest BCUT2D eigenvalue weighted by Crippen LogP contribution is -2.29. The van der Waals surface area contributed by atoms with Gasteiger partial charge in [-0.1, -0.05) is 37.5 Å². The number of ether oxygens (including phenoxy) is 1. The van der Waals surface area contributed by atoms with Gasteiger partial charge in [0, 0.05) is 5.69 Å². The van der Waals surface area contributed by atoms with Crippen LogP contribution in [0.25, 0.3) is 0 Å². The van der Waals surface area contributed by atoms with Crippen molar-refractivity contribution in [1.82, 2.24) is 5.32 Å². The number of carbonyl (C=O) groups excluding carboxylic acids is 2. The standard InChI is InChI=1S/C22H24N2O5S/c1-3-5-7-17-10-12-19(13-11-17)24-30(27,28)20-9-6-8-18(15-20)22(26)29-16-21(25)23-14-4-2/h2,6,8-13,15,24H,3,5,7,14,16H2,1H3,(H,23,25). The van der Waals surface area contributed by atoms with Gasteiger partial charge in [0.05, 0.1) is 17.0 Å². The van der Waals surface area contributed by atoms with Crippen molar-refractivity contribution in [2.24, 2.45) is 0 Å². The molecule has 2 aromatic carbocycles. The van der Waals surface area contributed by atoms with Crippen molar-refractivity contribution in [2.75, 3.05) is 17.9 Å². The predicted molar refractivity (Wildman–Crippen MR) is 114 cm³/mol. The summed E-state index contributed by atoms with van der Waals surface area (Å²) in [6.45, 7) is 1.62. The third-order valence-corrected chi connectivity index (χ3v) is 5.51. The molecule has 0 saturated heterocycles. The molecule has 0 atom stereocenters. The zero-order valence-corrected chi connectivity index (χ0v) is 17.5. The van der Waals surface area contributed by atoms with E-state index < -0.39 is 28.5 Å². The summed E-state index contributed by atoms with van der Waals surface area (Å²) in [4.78, 5) is 23.5. The molecule has 158 valence electrons. The Morgan fingerprint density at radius 2 is 1.87 bits per heavy atom. The minimum Gasteiger partial charge on any atom is -0.452 e. The zero-order chi connectivity index (χ0) is 22.0. The Morgan fingerprint density at radius 3 is 2.53 bits per heavy atom. The van der Waals surface area contributed by atoms with E-state index in [2.05, 4.69) is 22.9 Å². The van der Waals surface area contributed by atoms with E-state index in [0.29, 0.717) is 5.69 Å². The van der Waals surface area contributed by atoms with Gasteiger partial charge in [-0.3, -0.25) is 9.52 Å². The van der Waals surface area contributed by atoms with Crippen molar-refractivity contribution in [3.05, 3.63) is 59.7 Å². The maximum absolute atomic E-state index is 12.7. The molecule has 0 radical (unpaired) electrons. The van der Waals surface area contributed by atoms with Gasteiger partial charge >= 0.3 is 5.97 Å². The number of anilines is 1. The Hall–Kier alpha value is -3.31. The average molecular weight is 429 g/mol. The predicted octanol–water partition coefficient (Wildman–Crippen LogP) is 2.74. The van der Waals surface area contributed by atoms with Gasteiger partial charge in [0.2, 0.25) is 0 Å². The molecule has 8 heteroatoms. The molecule has 0 aliphatic carbocycles. The second-order valence-electron chi connectivity index (χ2n) is 6.49. The molecule has 1 amide bonds. The number of rotatable bonds is 10. The van der Waals surface area contributed by atoms with Gasteiger partial charge in [0.1, 0.15) is 0 Å². The number of hydrogen-bond acceptors (Lipinski definition) is 5. The van der Waals surface area contributed by atoms with Crippen LogP contribution in [-0.4, -0.2) is 33.4 Å². The van der Waals surface area contributed by atoms with Crippen LogP contribution < -0.4 is 10.0 Å². The number of sulfonamides is 1. The summed E-state index contributed by atoms with van der Waals surface area (Å²) in [5.41, 5.74) is 1.57. The van der Waals surface area contributed by atoms with Gasteiger partial charge in [-0.15, -0.1) is 6.42 Å². The lowest BCUT2D eigenvalue weighted by molar-refractivity contribution is -0.123. The van der Waals surface area contributed by atoms with Crippen LogP contribution in [-0.2, 0) is 26.0 Å². The van der Waals surface area contributed by atoms with E-state index in [-0.39, 0.29) is 17.0 Å². The summed E-state index contributed by atoms with van der Waals surface area (Å²) in [6.07, 6.45) is 8.12. The molecule has 0 aliphatic heterocycles. The van der Waals surface area contributed by atoms with E-state index in [1.54, 1.807) is 12.1 Å². The Balaban J connectivity index is 2.05. The summed E-state index contributed by atoms with van der Waals surface area (Å²) in [6, 6.07) is 12.6. The van der Waals surface area contributed by atoms with Crippen molar-refractivity contribution in [3.63, 3.8) is 0 Å². The first-order chi connectivity index (χ1) is 14.4. The van der Waals surface area contributed by atoms with Crippen LogP contribution in [0.2, 0.25) is 0 Å². The van der Waals surface area contributed by atoms with Crippen molar-refractivity contribution in [1.29, 1.82) is 0 Å². The van der Waals surface area contributed by atoms with E-state index in [1.165, 1.54) is 24.3 Å². The highest BCUT2D eigenvalue weighted by molar-refractivity contribution is 7.92. The van der Waals surface area contributed by atoms with Gasteiger partial charge < -0.3 is 10.1 Å². The van der Waals surface area contributed by atoms with Gasteiger partial charge in [0.15, 0.2) is 6.61 Å². The molecule has 0 aromatic heterocycles. The van der Waals surface area contributed by atoms with Crippen LogP contribution in [0.3, 0.4) is 0 Å². The number of unbranched alkanes of at least 4 members (excludes halogenated alkanes) is 1. The first kappa shape index (κ1) is 23.0. The minimum absolute atomic E-state index is 0.0116. The third kappa shape index (κ3) is 6.94. The van der Waals surface area contributed by atoms with Gasteiger partial charge in [-0.25, -0.2) is 13.2 Å². The number of esters is 1. The molecule has 0 spiro atoms. The molecule has 7 nitrogen and oxygen atoms in total. The largest absolute Gasteiger partial charge is 0.452 e. The van der Waals surface area contributed by atoms with E-state index >= 15 is 0 Å². The second-order valence-corrected chi connectivity index (χ2v) is 8.17. The number of carbonyl (C=O) groups is 2. The van der Waals surface area contributed by atoms with Crippen molar-refractivity contribution >= 4 is 27.6 Å². The van der Waals surface area contributed by atoms with Gasteiger partial charge in [-0.2, -0.15) is 0 Å². The van der Waals surface area contributed by atoms with Crippen LogP contribution in [0.15, 0.2) is 53.4 Å². The Kier molecular flexibility index (Phi) is 8.44. The average Bonchev–Trinajstić information content (AvgIpc) is 2.75. The summed E-state index contributed by atoms with van der Waals surface area (Å²) in [7, 11) is -3.90. The van der Waals surface area contributed by atoms with Crippen molar-refractivity contribution in [2.45, 2.75) is 31.1 Å². The molecule has 0 aliphatic rings. The number of terminal acetylenes is 1. The lowest BCUT2D eigenvalue weighted by Gasteiger charge is -2.10. The first-order valence-electron chi connectivity index (χ1n) is 9.45. The van der Waals surface area contributed by atoms with E-state index in [1.807, 2.05) is 12.1 Å². The summed E-state index contributed by atoms with van der Waals surface area (Å²) in [5, 5.41) is 2.36. The molecule has 0 fully saturated rings. The quantitative estimate of drug-likeness (QED) is 0.448. The molecule has 0 bridgehead atoms. The Bertz CT molecular complexity index is 1020. The summed E-state index contributed by atoms with van der Waals surface area (Å²) in [5.74, 6) is 0.864. The highest BCUT2D eigenvalue weighted by atomic mass is 32.2. The fraction of sp³-hybridized carbons (Fsp3) is 0.273. The van der Waals surface area contributed by atoms with E-state index in [0.717, 1.165) is 24.8 Å². The lowest BCUT2D eigenvalue weighted by atomic mass is 10.1. The Morgan fingerprint density at radius 1 is 1.13 bits per heavy atom. The summed E-state index contributed by atoms with van der Waals surface area (Å²) < 4.78 is 32.7. The number of benzene rings is 2. The van der Waals surface area contributed by atoms with Gasteiger partial charge in [0.25, 0.3) is 15.9 Å². The maximum atomic E-state index is 12.7. The molecule has 2 N–H and O–H groups in total. The monoisotopic (exact) mass is 428 g/mol. The van der Waals surface area contributed by atoms with E-state index in [4.69, 9.17) is 11.2 Å². The fourth-order valence-electron chi connectivity index (χ4n) is 2.54. The topological polar surface area (TPSA) is 102 Å². The normalized spacial score (nSPS) is 10.7. The first-order valence-corrected chi connectivity index (χ1v) is 10.9. The molecule has 0 saturated carbocycles. The van der Waals surface area contributed by atoms with Crippen LogP contribution in [0.5, 0.6) is 0 Å². The number of aryl methyl sites for hydroxylation is 1. The molecule has 0 heterocycles. The molecule has 0 unspecified atom stereocenters. The van der Waals surface area contributed by atoms with Crippen LogP contribution in [0, 0.1) is 12.3 Å². The number of amides is 1. The van der Waals surface area contributed by atoms with Crippen LogP contribution in [0.4, 0.5) is 5.69 Å². The maximum Gasteiger partial charge on any atom is 0.338 e. The Labute approximate surface area is 176 Å². The number of nitrogens with one attached hydrogen (secondary N) is 2. The smallest absolute Gasteiger partial charge is 0.338 e. The SMILES string of the molecule is C#CCNC(=O)COC(=O)c1cccc(S(=O)(=O)Nc2ccc(CCCC)cc2)c1. The fourth-order valence-corrected chi connectivity index (χ4v) is 3.64. The van der Waals surface area contributed by atoms with Crippen LogP contribution >= 0.6 is 0 Å². The molecule has 2 rings (SSSR count). The van der Waals surface area contributed by atoms with E-state index in [9.17, 15) is 18.0 Å². The van der Waals surface area contributed by atoms with Crippen molar-refractivity contribution in [3.8, 4) is 12.3 Å². The highest BCUT2D eigenvalue weighted by Crippen LogP contribution is 2.19. The third-order valence-electron chi connectivity index (χ3n) is 4.13. The molecular weight excluding hydrogens is 404 g/mol. The van der Waals surface area contributed by atoms with Crippen molar-refractivity contribution < 1.29 is 22.7 Å². The van der Waals surface area contributed by atoms with Crippen LogP contribution in [0.1, 0.15) is 35.7 Å².